The highest BCUT2D eigenvalue weighted by molar-refractivity contribution is 14.0. The predicted octanol–water partition coefficient (Wildman–Crippen LogP) is 2.88. The van der Waals surface area contributed by atoms with Crippen molar-refractivity contribution in [3.63, 3.8) is 0 Å². The van der Waals surface area contributed by atoms with Gasteiger partial charge >= 0.3 is 0 Å². The fourth-order valence-corrected chi connectivity index (χ4v) is 2.56. The lowest BCUT2D eigenvalue weighted by Gasteiger charge is -2.22. The van der Waals surface area contributed by atoms with E-state index in [1.807, 2.05) is 55.6 Å². The first-order valence-electron chi connectivity index (χ1n) is 8.43. The van der Waals surface area contributed by atoms with Crippen LogP contribution in [0.25, 0.3) is 0 Å². The Hall–Kier alpha value is -2.29. The van der Waals surface area contributed by atoms with E-state index in [0.29, 0.717) is 12.1 Å². The number of nitrogens with one attached hydrogen (secondary N) is 2. The molecule has 0 spiro atoms. The largest absolute Gasteiger partial charge is 0.497 e. The lowest BCUT2D eigenvalue weighted by atomic mass is 10.1. The Morgan fingerprint density at radius 3 is 2.19 bits per heavy atom. The van der Waals surface area contributed by atoms with Gasteiger partial charge in [0.05, 0.1) is 7.11 Å². The molecule has 0 aliphatic carbocycles. The van der Waals surface area contributed by atoms with Gasteiger partial charge in [-0.05, 0) is 35.4 Å². The third kappa shape index (κ3) is 6.74. The zero-order valence-corrected chi connectivity index (χ0v) is 18.5. The Morgan fingerprint density at radius 1 is 1.07 bits per heavy atom. The SMILES string of the molecule is CN=C(NCc1ccc(C(=O)NC)cc1)N(C)Cc1ccc(OC)cc1.I. The van der Waals surface area contributed by atoms with Gasteiger partial charge in [-0.2, -0.15) is 0 Å². The highest BCUT2D eigenvalue weighted by Gasteiger charge is 2.08. The van der Waals surface area contributed by atoms with Gasteiger partial charge in [-0.3, -0.25) is 9.79 Å². The fraction of sp³-hybridized carbons (Fsp3) is 0.300. The van der Waals surface area contributed by atoms with Gasteiger partial charge in [0.1, 0.15) is 5.75 Å². The molecule has 27 heavy (non-hydrogen) atoms. The Bertz CT molecular complexity index is 746. The number of guanidine groups is 1. The second-order valence-electron chi connectivity index (χ2n) is 5.88. The van der Waals surface area contributed by atoms with Crippen molar-refractivity contribution >= 4 is 35.8 Å². The maximum atomic E-state index is 11.6. The third-order valence-electron chi connectivity index (χ3n) is 4.05. The van der Waals surface area contributed by atoms with Crippen molar-refractivity contribution in [2.45, 2.75) is 13.1 Å². The second kappa shape index (κ2) is 11.4. The molecule has 6 nitrogen and oxygen atoms in total. The molecule has 0 radical (unpaired) electrons. The lowest BCUT2D eigenvalue weighted by molar-refractivity contribution is 0.0963. The van der Waals surface area contributed by atoms with Crippen LogP contribution >= 0.6 is 24.0 Å². The molecule has 2 aromatic rings. The Labute approximate surface area is 178 Å². The first kappa shape index (κ1) is 22.8. The summed E-state index contributed by atoms with van der Waals surface area (Å²) in [5, 5.41) is 5.96. The first-order valence-corrected chi connectivity index (χ1v) is 8.43. The van der Waals surface area contributed by atoms with E-state index in [9.17, 15) is 4.79 Å². The van der Waals surface area contributed by atoms with Crippen LogP contribution in [0.15, 0.2) is 53.5 Å². The molecule has 0 saturated carbocycles. The van der Waals surface area contributed by atoms with Crippen molar-refractivity contribution in [1.82, 2.24) is 15.5 Å². The van der Waals surface area contributed by atoms with E-state index in [2.05, 4.69) is 20.5 Å². The summed E-state index contributed by atoms with van der Waals surface area (Å²) in [5.41, 5.74) is 2.90. The number of rotatable bonds is 6. The van der Waals surface area contributed by atoms with Crippen molar-refractivity contribution in [3.8, 4) is 5.75 Å². The van der Waals surface area contributed by atoms with Crippen LogP contribution in [0.3, 0.4) is 0 Å². The van der Waals surface area contributed by atoms with Gasteiger partial charge in [-0.25, -0.2) is 0 Å². The number of aliphatic imine (C=N–C) groups is 1. The topological polar surface area (TPSA) is 66.0 Å². The molecule has 0 aliphatic rings. The number of hydrogen-bond donors (Lipinski definition) is 2. The predicted molar refractivity (Wildman–Crippen MR) is 120 cm³/mol. The number of amides is 1. The number of benzene rings is 2. The van der Waals surface area contributed by atoms with Crippen molar-refractivity contribution in [3.05, 3.63) is 65.2 Å². The van der Waals surface area contributed by atoms with E-state index in [4.69, 9.17) is 4.74 Å². The maximum absolute atomic E-state index is 11.6. The Kier molecular flexibility index (Phi) is 9.63. The standard InChI is InChI=1S/C20H26N4O2.HI/c1-21-19(25)17-9-5-15(6-10-17)13-23-20(22-2)24(3)14-16-7-11-18(26-4)12-8-16;/h5-12H,13-14H2,1-4H3,(H,21,25)(H,22,23);1H. The second-order valence-corrected chi connectivity index (χ2v) is 5.88. The van der Waals surface area contributed by atoms with Crippen LogP contribution in [0.2, 0.25) is 0 Å². The van der Waals surface area contributed by atoms with E-state index >= 15 is 0 Å². The number of ether oxygens (including phenoxy) is 1. The van der Waals surface area contributed by atoms with Gasteiger partial charge in [0.25, 0.3) is 5.91 Å². The van der Waals surface area contributed by atoms with Gasteiger partial charge in [0, 0.05) is 39.8 Å². The number of nitrogens with zero attached hydrogens (tertiary/aromatic N) is 2. The van der Waals surface area contributed by atoms with Crippen LogP contribution < -0.4 is 15.4 Å². The molecule has 0 saturated heterocycles. The number of hydrogen-bond acceptors (Lipinski definition) is 3. The Balaban J connectivity index is 0.00000364. The smallest absolute Gasteiger partial charge is 0.251 e. The first-order chi connectivity index (χ1) is 12.6. The summed E-state index contributed by atoms with van der Waals surface area (Å²) in [5.74, 6) is 1.56. The van der Waals surface area contributed by atoms with Crippen LogP contribution in [-0.2, 0) is 13.1 Å². The summed E-state index contributed by atoms with van der Waals surface area (Å²) in [4.78, 5) is 18.0. The van der Waals surface area contributed by atoms with Gasteiger partial charge in [0.15, 0.2) is 5.96 Å². The molecule has 0 atom stereocenters. The summed E-state index contributed by atoms with van der Waals surface area (Å²) >= 11 is 0. The van der Waals surface area contributed by atoms with Crippen molar-refractivity contribution in [2.24, 2.45) is 4.99 Å². The number of carbonyl (C=O) groups is 1. The minimum absolute atomic E-state index is 0. The highest BCUT2D eigenvalue weighted by atomic mass is 127. The lowest BCUT2D eigenvalue weighted by Crippen LogP contribution is -2.38. The number of carbonyl (C=O) groups excluding carboxylic acids is 1. The third-order valence-corrected chi connectivity index (χ3v) is 4.05. The van der Waals surface area contributed by atoms with E-state index in [1.54, 1.807) is 21.2 Å². The minimum atomic E-state index is -0.0838. The summed E-state index contributed by atoms with van der Waals surface area (Å²) in [6.07, 6.45) is 0. The average Bonchev–Trinajstić information content (AvgIpc) is 2.69. The quantitative estimate of drug-likeness (QED) is 0.378. The molecular formula is C20H27IN4O2. The molecule has 2 N–H and O–H groups in total. The zero-order chi connectivity index (χ0) is 18.9. The molecule has 0 heterocycles. The van der Waals surface area contributed by atoms with E-state index in [0.717, 1.165) is 23.8 Å². The van der Waals surface area contributed by atoms with Crippen molar-refractivity contribution < 1.29 is 9.53 Å². The maximum Gasteiger partial charge on any atom is 0.251 e. The molecule has 0 fully saturated rings. The van der Waals surface area contributed by atoms with Crippen LogP contribution in [0.4, 0.5) is 0 Å². The van der Waals surface area contributed by atoms with Gasteiger partial charge in [-0.1, -0.05) is 24.3 Å². The molecule has 0 unspecified atom stereocenters. The van der Waals surface area contributed by atoms with Crippen LogP contribution in [0.5, 0.6) is 5.75 Å². The number of halogens is 1. The van der Waals surface area contributed by atoms with Gasteiger partial charge in [0.2, 0.25) is 0 Å². The summed E-state index contributed by atoms with van der Waals surface area (Å²) in [6.45, 7) is 1.37. The summed E-state index contributed by atoms with van der Waals surface area (Å²) < 4.78 is 5.19. The molecule has 146 valence electrons. The molecule has 2 aromatic carbocycles. The average molecular weight is 482 g/mol. The van der Waals surface area contributed by atoms with Gasteiger partial charge < -0.3 is 20.3 Å². The highest BCUT2D eigenvalue weighted by Crippen LogP contribution is 2.12. The summed E-state index contributed by atoms with van der Waals surface area (Å²) in [6, 6.07) is 15.5. The van der Waals surface area contributed by atoms with Crippen LogP contribution in [0, 0.1) is 0 Å². The van der Waals surface area contributed by atoms with E-state index in [1.165, 1.54) is 5.56 Å². The molecular weight excluding hydrogens is 455 g/mol. The molecule has 0 aromatic heterocycles. The fourth-order valence-electron chi connectivity index (χ4n) is 2.56. The van der Waals surface area contributed by atoms with Gasteiger partial charge in [-0.15, -0.1) is 24.0 Å². The monoisotopic (exact) mass is 482 g/mol. The molecule has 1 amide bonds. The van der Waals surface area contributed by atoms with Crippen LogP contribution in [-0.4, -0.2) is 45.0 Å². The molecule has 0 aliphatic heterocycles. The molecule has 2 rings (SSSR count). The summed E-state index contributed by atoms with van der Waals surface area (Å²) in [7, 11) is 7.05. The molecule has 0 bridgehead atoms. The molecule has 7 heteroatoms. The van der Waals surface area contributed by atoms with Crippen molar-refractivity contribution in [1.29, 1.82) is 0 Å². The zero-order valence-electron chi connectivity index (χ0n) is 16.2. The van der Waals surface area contributed by atoms with Crippen molar-refractivity contribution in [2.75, 3.05) is 28.3 Å². The van der Waals surface area contributed by atoms with Crippen LogP contribution in [0.1, 0.15) is 21.5 Å². The van der Waals surface area contributed by atoms with E-state index < -0.39 is 0 Å². The normalized spacial score (nSPS) is 10.6. The minimum Gasteiger partial charge on any atom is -0.497 e. The Morgan fingerprint density at radius 2 is 1.67 bits per heavy atom. The number of methoxy groups -OCH3 is 1. The van der Waals surface area contributed by atoms with E-state index in [-0.39, 0.29) is 29.9 Å².